The second-order valence-electron chi connectivity index (χ2n) is 8.17. The van der Waals surface area contributed by atoms with Gasteiger partial charge in [0, 0.05) is 46.0 Å². The number of nitrogens with zero attached hydrogens (tertiary/aromatic N) is 3. The van der Waals surface area contributed by atoms with Crippen molar-refractivity contribution in [2.24, 2.45) is 0 Å². The van der Waals surface area contributed by atoms with E-state index in [1.54, 1.807) is 6.07 Å². The van der Waals surface area contributed by atoms with E-state index in [1.807, 2.05) is 23.8 Å². The van der Waals surface area contributed by atoms with Crippen LogP contribution in [-0.2, 0) is 0 Å². The third-order valence-electron chi connectivity index (χ3n) is 6.25. The Labute approximate surface area is 169 Å². The van der Waals surface area contributed by atoms with Crippen molar-refractivity contribution in [1.82, 2.24) is 19.5 Å². The maximum Gasteiger partial charge on any atom is 0.252 e. The summed E-state index contributed by atoms with van der Waals surface area (Å²) in [4.78, 5) is 25.5. The Kier molecular flexibility index (Phi) is 4.15. The number of aromatic amines is 1. The number of aryl methyl sites for hydroxylation is 3. The van der Waals surface area contributed by atoms with Gasteiger partial charge in [0.1, 0.15) is 5.65 Å². The number of nitrogens with one attached hydrogen (secondary N) is 2. The minimum absolute atomic E-state index is 0.0337. The van der Waals surface area contributed by atoms with Gasteiger partial charge in [-0.05, 0) is 62.9 Å². The lowest BCUT2D eigenvalue weighted by Gasteiger charge is -2.17. The lowest BCUT2D eigenvalue weighted by Crippen LogP contribution is -2.24. The van der Waals surface area contributed by atoms with Crippen molar-refractivity contribution in [1.29, 1.82) is 0 Å². The third kappa shape index (κ3) is 2.99. The van der Waals surface area contributed by atoms with Gasteiger partial charge in [0.05, 0.1) is 0 Å². The van der Waals surface area contributed by atoms with Gasteiger partial charge in [-0.25, -0.2) is 4.98 Å². The Bertz CT molecular complexity index is 1290. The summed E-state index contributed by atoms with van der Waals surface area (Å²) in [5.74, 6) is 0.513. The minimum atomic E-state index is 0.0337. The summed E-state index contributed by atoms with van der Waals surface area (Å²) in [6, 6.07) is 8.14. The minimum Gasteiger partial charge on any atom is -0.358 e. The maximum absolute atomic E-state index is 12.8. The zero-order chi connectivity index (χ0) is 20.1. The Balaban J connectivity index is 1.60. The summed E-state index contributed by atoms with van der Waals surface area (Å²) >= 11 is 0. The fourth-order valence-corrected chi connectivity index (χ4v) is 4.52. The van der Waals surface area contributed by atoms with E-state index in [-0.39, 0.29) is 11.6 Å². The standard InChI is InChI=1S/C23H25N5O/c1-13-10-21(29)28(17-6-4-5-7-17)22-19(13)12-24-23(27-22)26-16-8-9-20-18(11-16)14(2)15(3)25-20/h8-12,17,25H,4-7H2,1-3H3,(H,24,26,27). The van der Waals surface area contributed by atoms with Crippen molar-refractivity contribution in [2.45, 2.75) is 52.5 Å². The highest BCUT2D eigenvalue weighted by molar-refractivity contribution is 5.88. The predicted molar refractivity (Wildman–Crippen MR) is 117 cm³/mol. The van der Waals surface area contributed by atoms with Crippen LogP contribution in [0.2, 0.25) is 0 Å². The topological polar surface area (TPSA) is 75.6 Å². The van der Waals surface area contributed by atoms with Crippen molar-refractivity contribution >= 4 is 33.6 Å². The van der Waals surface area contributed by atoms with Crippen molar-refractivity contribution in [3.05, 3.63) is 57.6 Å². The first-order valence-corrected chi connectivity index (χ1v) is 10.3. The number of hydrogen-bond donors (Lipinski definition) is 2. The molecule has 0 unspecified atom stereocenters. The largest absolute Gasteiger partial charge is 0.358 e. The summed E-state index contributed by atoms with van der Waals surface area (Å²) in [5.41, 5.74) is 6.16. The molecule has 2 N–H and O–H groups in total. The second kappa shape index (κ2) is 6.72. The van der Waals surface area contributed by atoms with E-state index >= 15 is 0 Å². The number of fused-ring (bicyclic) bond motifs is 2. The number of rotatable bonds is 3. The van der Waals surface area contributed by atoms with Gasteiger partial charge in [0.2, 0.25) is 5.95 Å². The average Bonchev–Trinajstić information content (AvgIpc) is 3.31. The first-order valence-electron chi connectivity index (χ1n) is 10.3. The first-order chi connectivity index (χ1) is 14.0. The number of hydrogen-bond acceptors (Lipinski definition) is 4. The fraction of sp³-hybridized carbons (Fsp3) is 0.348. The van der Waals surface area contributed by atoms with Crippen LogP contribution in [0.1, 0.15) is 48.5 Å². The lowest BCUT2D eigenvalue weighted by molar-refractivity contribution is 0.515. The van der Waals surface area contributed by atoms with Gasteiger partial charge < -0.3 is 10.3 Å². The van der Waals surface area contributed by atoms with Crippen molar-refractivity contribution in [2.75, 3.05) is 5.32 Å². The second-order valence-corrected chi connectivity index (χ2v) is 8.17. The van der Waals surface area contributed by atoms with E-state index in [0.29, 0.717) is 5.95 Å². The van der Waals surface area contributed by atoms with Gasteiger partial charge in [-0.2, -0.15) is 4.98 Å². The molecular weight excluding hydrogens is 362 g/mol. The molecule has 5 rings (SSSR count). The van der Waals surface area contributed by atoms with E-state index < -0.39 is 0 Å². The molecule has 0 atom stereocenters. The number of benzene rings is 1. The SMILES string of the molecule is Cc1[nH]c2ccc(Nc3ncc4c(C)cc(=O)n(C5CCCC5)c4n3)cc2c1C. The molecule has 0 aliphatic heterocycles. The molecule has 3 heterocycles. The molecule has 1 fully saturated rings. The summed E-state index contributed by atoms with van der Waals surface area (Å²) in [6.45, 7) is 6.15. The highest BCUT2D eigenvalue weighted by Crippen LogP contribution is 2.31. The molecule has 4 aromatic rings. The van der Waals surface area contributed by atoms with E-state index in [1.165, 1.54) is 16.6 Å². The maximum atomic E-state index is 12.8. The van der Waals surface area contributed by atoms with Crippen LogP contribution in [0.5, 0.6) is 0 Å². The van der Waals surface area contributed by atoms with E-state index in [2.05, 4.69) is 41.3 Å². The van der Waals surface area contributed by atoms with Crippen LogP contribution in [0.25, 0.3) is 21.9 Å². The molecule has 0 saturated heterocycles. The van der Waals surface area contributed by atoms with E-state index in [0.717, 1.165) is 53.5 Å². The van der Waals surface area contributed by atoms with Crippen molar-refractivity contribution in [3.8, 4) is 0 Å². The molecule has 29 heavy (non-hydrogen) atoms. The van der Waals surface area contributed by atoms with Crippen LogP contribution in [0, 0.1) is 20.8 Å². The highest BCUT2D eigenvalue weighted by Gasteiger charge is 2.21. The third-order valence-corrected chi connectivity index (χ3v) is 6.25. The van der Waals surface area contributed by atoms with Gasteiger partial charge in [-0.3, -0.25) is 9.36 Å². The molecule has 6 heteroatoms. The Morgan fingerprint density at radius 1 is 1.10 bits per heavy atom. The number of H-pyrrole nitrogens is 1. The number of anilines is 2. The zero-order valence-corrected chi connectivity index (χ0v) is 17.0. The van der Waals surface area contributed by atoms with E-state index in [9.17, 15) is 4.79 Å². The summed E-state index contributed by atoms with van der Waals surface area (Å²) in [7, 11) is 0. The summed E-state index contributed by atoms with van der Waals surface area (Å²) in [6.07, 6.45) is 6.23. The van der Waals surface area contributed by atoms with Crippen LogP contribution in [0.15, 0.2) is 35.3 Å². The molecule has 0 radical (unpaired) electrons. The molecule has 1 aliphatic carbocycles. The molecule has 1 aromatic carbocycles. The lowest BCUT2D eigenvalue weighted by atomic mass is 10.1. The zero-order valence-electron chi connectivity index (χ0n) is 17.0. The normalized spacial score (nSPS) is 14.9. The molecule has 3 aromatic heterocycles. The Hall–Kier alpha value is -3.15. The van der Waals surface area contributed by atoms with Gasteiger partial charge >= 0.3 is 0 Å². The van der Waals surface area contributed by atoms with E-state index in [4.69, 9.17) is 4.98 Å². The summed E-state index contributed by atoms with van der Waals surface area (Å²) in [5, 5.41) is 5.46. The highest BCUT2D eigenvalue weighted by atomic mass is 16.1. The molecule has 0 bridgehead atoms. The average molecular weight is 387 g/mol. The van der Waals surface area contributed by atoms with Crippen molar-refractivity contribution < 1.29 is 0 Å². The fourth-order valence-electron chi connectivity index (χ4n) is 4.52. The van der Waals surface area contributed by atoms with Crippen LogP contribution in [0.3, 0.4) is 0 Å². The van der Waals surface area contributed by atoms with Crippen LogP contribution in [0.4, 0.5) is 11.6 Å². The van der Waals surface area contributed by atoms with Crippen LogP contribution in [-0.4, -0.2) is 19.5 Å². The van der Waals surface area contributed by atoms with Crippen LogP contribution >= 0.6 is 0 Å². The van der Waals surface area contributed by atoms with Gasteiger partial charge in [-0.15, -0.1) is 0 Å². The molecule has 1 aliphatic rings. The van der Waals surface area contributed by atoms with Gasteiger partial charge in [0.25, 0.3) is 5.56 Å². The quantitative estimate of drug-likeness (QED) is 0.515. The molecule has 6 nitrogen and oxygen atoms in total. The molecule has 148 valence electrons. The summed E-state index contributed by atoms with van der Waals surface area (Å²) < 4.78 is 1.88. The Morgan fingerprint density at radius 3 is 2.69 bits per heavy atom. The van der Waals surface area contributed by atoms with Gasteiger partial charge in [0.15, 0.2) is 0 Å². The molecule has 0 spiro atoms. The molecule has 0 amide bonds. The first kappa shape index (κ1) is 17.9. The monoisotopic (exact) mass is 387 g/mol. The number of aromatic nitrogens is 4. The molecule has 1 saturated carbocycles. The number of pyridine rings is 1. The van der Waals surface area contributed by atoms with Crippen molar-refractivity contribution in [3.63, 3.8) is 0 Å². The smallest absolute Gasteiger partial charge is 0.252 e. The van der Waals surface area contributed by atoms with Crippen LogP contribution < -0.4 is 10.9 Å². The van der Waals surface area contributed by atoms with Gasteiger partial charge in [-0.1, -0.05) is 12.8 Å². The predicted octanol–water partition coefficient (Wildman–Crippen LogP) is 5.06. The molecular formula is C23H25N5O. The Morgan fingerprint density at radius 2 is 1.90 bits per heavy atom.